The summed E-state index contributed by atoms with van der Waals surface area (Å²) < 4.78 is 26.8. The van der Waals surface area contributed by atoms with Crippen molar-refractivity contribution in [3.8, 4) is 0 Å². The number of aromatic nitrogens is 3. The summed E-state index contributed by atoms with van der Waals surface area (Å²) in [5.74, 6) is 0.752. The molecule has 0 radical (unpaired) electrons. The maximum Gasteiger partial charge on any atom is 0.255 e. The highest BCUT2D eigenvalue weighted by Crippen LogP contribution is 2.20. The zero-order chi connectivity index (χ0) is 13.1. The van der Waals surface area contributed by atoms with Gasteiger partial charge in [-0.1, -0.05) is 0 Å². The van der Waals surface area contributed by atoms with Gasteiger partial charge in [-0.05, 0) is 13.0 Å². The second kappa shape index (κ2) is 5.48. The van der Waals surface area contributed by atoms with Crippen LogP contribution in [-0.2, 0) is 0 Å². The van der Waals surface area contributed by atoms with E-state index in [-0.39, 0.29) is 12.4 Å². The van der Waals surface area contributed by atoms with Crippen LogP contribution in [0.4, 0.5) is 14.6 Å². The molecular weight excluding hydrogens is 262 g/mol. The van der Waals surface area contributed by atoms with Gasteiger partial charge in [0.1, 0.15) is 5.52 Å². The molecule has 0 unspecified atom stereocenters. The summed E-state index contributed by atoms with van der Waals surface area (Å²) in [4.78, 5) is 5.65. The molecule has 98 valence electrons. The van der Waals surface area contributed by atoms with E-state index in [1.165, 1.54) is 4.90 Å². The Labute approximate surface area is 108 Å². The molecule has 0 spiro atoms. The van der Waals surface area contributed by atoms with Crippen molar-refractivity contribution >= 4 is 22.9 Å². The average molecular weight is 275 g/mol. The summed E-state index contributed by atoms with van der Waals surface area (Å²) in [5.41, 5.74) is 1.52. The quantitative estimate of drug-likeness (QED) is 0.785. The van der Waals surface area contributed by atoms with Crippen molar-refractivity contribution in [2.45, 2.75) is 13.3 Å². The highest BCUT2D eigenvalue weighted by atomic mass is 35.5. The van der Waals surface area contributed by atoms with Gasteiger partial charge in [-0.3, -0.25) is 0 Å². The van der Waals surface area contributed by atoms with E-state index in [1.54, 1.807) is 16.9 Å². The number of hydrogen-bond acceptors (Lipinski definition) is 3. The first-order valence-corrected chi connectivity index (χ1v) is 6.05. The maximum atomic E-state index is 12.6. The fourth-order valence-electron chi connectivity index (χ4n) is 1.83. The van der Waals surface area contributed by atoms with E-state index in [2.05, 4.69) is 10.1 Å². The maximum absolute atomic E-state index is 12.6. The van der Waals surface area contributed by atoms with Crippen LogP contribution in [0.3, 0.4) is 0 Å². The van der Waals surface area contributed by atoms with Gasteiger partial charge in [0.2, 0.25) is 0 Å². The molecule has 4 nitrogen and oxygen atoms in total. The molecule has 0 aliphatic carbocycles. The van der Waals surface area contributed by atoms with Crippen molar-refractivity contribution in [2.75, 3.05) is 23.9 Å². The molecular formula is C11H13ClF2N4. The third kappa shape index (κ3) is 2.69. The number of halogens is 3. The third-order valence-corrected chi connectivity index (χ3v) is 2.67. The van der Waals surface area contributed by atoms with Gasteiger partial charge in [-0.25, -0.2) is 18.3 Å². The van der Waals surface area contributed by atoms with E-state index in [9.17, 15) is 8.78 Å². The fourth-order valence-corrected chi connectivity index (χ4v) is 2.03. The molecule has 0 saturated heterocycles. The monoisotopic (exact) mass is 274 g/mol. The van der Waals surface area contributed by atoms with Crippen molar-refractivity contribution in [3.05, 3.63) is 24.2 Å². The zero-order valence-electron chi connectivity index (χ0n) is 9.85. The lowest BCUT2D eigenvalue weighted by Gasteiger charge is -2.22. The van der Waals surface area contributed by atoms with Crippen LogP contribution >= 0.6 is 11.6 Å². The van der Waals surface area contributed by atoms with Crippen LogP contribution in [0.1, 0.15) is 5.69 Å². The summed E-state index contributed by atoms with van der Waals surface area (Å²) in [5, 5.41) is 4.22. The van der Waals surface area contributed by atoms with Gasteiger partial charge in [-0.2, -0.15) is 5.10 Å². The molecule has 0 saturated carbocycles. The van der Waals surface area contributed by atoms with Crippen LogP contribution in [0.5, 0.6) is 0 Å². The minimum Gasteiger partial charge on any atom is -0.348 e. The zero-order valence-corrected chi connectivity index (χ0v) is 10.6. The van der Waals surface area contributed by atoms with Gasteiger partial charge < -0.3 is 4.90 Å². The molecule has 0 aliphatic rings. The Kier molecular flexibility index (Phi) is 3.96. The van der Waals surface area contributed by atoms with Gasteiger partial charge >= 0.3 is 0 Å². The Morgan fingerprint density at radius 1 is 1.50 bits per heavy atom. The van der Waals surface area contributed by atoms with E-state index < -0.39 is 6.43 Å². The highest BCUT2D eigenvalue weighted by molar-refractivity contribution is 6.18. The summed E-state index contributed by atoms with van der Waals surface area (Å²) in [6, 6.07) is 1.81. The molecule has 0 aliphatic heterocycles. The molecule has 18 heavy (non-hydrogen) atoms. The van der Waals surface area contributed by atoms with E-state index in [1.807, 2.05) is 13.0 Å². The average Bonchev–Trinajstić information content (AvgIpc) is 2.67. The van der Waals surface area contributed by atoms with Crippen LogP contribution in [0.15, 0.2) is 18.5 Å². The minimum absolute atomic E-state index is 0.266. The van der Waals surface area contributed by atoms with Crippen LogP contribution in [0.25, 0.3) is 5.52 Å². The number of rotatable bonds is 5. The molecule has 0 fully saturated rings. The lowest BCUT2D eigenvalue weighted by atomic mass is 10.3. The van der Waals surface area contributed by atoms with Gasteiger partial charge in [0.05, 0.1) is 12.2 Å². The Morgan fingerprint density at radius 3 is 2.94 bits per heavy atom. The minimum atomic E-state index is -2.43. The first-order valence-electron chi connectivity index (χ1n) is 5.52. The number of anilines is 1. The summed E-state index contributed by atoms with van der Waals surface area (Å²) in [6.45, 7) is 1.78. The third-order valence-electron chi connectivity index (χ3n) is 2.50. The number of fused-ring (bicyclic) bond motifs is 1. The molecule has 0 amide bonds. The summed E-state index contributed by atoms with van der Waals surface area (Å²) in [6.07, 6.45) is 0.800. The van der Waals surface area contributed by atoms with Gasteiger partial charge in [0.25, 0.3) is 6.43 Å². The molecule has 0 bridgehead atoms. The molecule has 7 heteroatoms. The Hall–Kier alpha value is -1.43. The molecule has 2 rings (SSSR count). The number of nitrogens with zero attached hydrogens (tertiary/aromatic N) is 4. The Morgan fingerprint density at radius 2 is 2.28 bits per heavy atom. The number of alkyl halides is 3. The van der Waals surface area contributed by atoms with E-state index in [0.29, 0.717) is 17.9 Å². The van der Waals surface area contributed by atoms with Crippen LogP contribution in [0.2, 0.25) is 0 Å². The molecule has 0 N–H and O–H groups in total. The smallest absolute Gasteiger partial charge is 0.255 e. The second-order valence-corrected chi connectivity index (χ2v) is 4.27. The fraction of sp³-hybridized carbons (Fsp3) is 0.455. The Bertz CT molecular complexity index is 529. The molecule has 0 atom stereocenters. The lowest BCUT2D eigenvalue weighted by molar-refractivity contribution is 0.155. The first kappa shape index (κ1) is 13.0. The normalized spacial score (nSPS) is 11.4. The van der Waals surface area contributed by atoms with Crippen molar-refractivity contribution in [2.24, 2.45) is 0 Å². The van der Waals surface area contributed by atoms with Gasteiger partial charge in [0, 0.05) is 24.8 Å². The topological polar surface area (TPSA) is 33.4 Å². The second-order valence-electron chi connectivity index (χ2n) is 3.89. The predicted molar refractivity (Wildman–Crippen MR) is 66.7 cm³/mol. The SMILES string of the molecule is Cc1cc2c(N(CCCl)CC(F)F)nccn2n1. The molecule has 0 aromatic carbocycles. The summed E-state index contributed by atoms with van der Waals surface area (Å²) in [7, 11) is 0. The van der Waals surface area contributed by atoms with Gasteiger partial charge in [-0.15, -0.1) is 11.6 Å². The van der Waals surface area contributed by atoms with Gasteiger partial charge in [0.15, 0.2) is 5.82 Å². The molecule has 2 aromatic rings. The highest BCUT2D eigenvalue weighted by Gasteiger charge is 2.17. The lowest BCUT2D eigenvalue weighted by Crippen LogP contribution is -2.31. The van der Waals surface area contributed by atoms with E-state index >= 15 is 0 Å². The number of aryl methyl sites for hydroxylation is 1. The largest absolute Gasteiger partial charge is 0.348 e. The number of hydrogen-bond donors (Lipinski definition) is 0. The molecule has 2 heterocycles. The van der Waals surface area contributed by atoms with Crippen molar-refractivity contribution in [1.29, 1.82) is 0 Å². The van der Waals surface area contributed by atoms with Crippen molar-refractivity contribution in [1.82, 2.24) is 14.6 Å². The van der Waals surface area contributed by atoms with Crippen LogP contribution in [0, 0.1) is 6.92 Å². The van der Waals surface area contributed by atoms with E-state index in [0.717, 1.165) is 5.69 Å². The predicted octanol–water partition coefficient (Wildman–Crippen LogP) is 2.35. The van der Waals surface area contributed by atoms with Crippen molar-refractivity contribution < 1.29 is 8.78 Å². The molecule has 2 aromatic heterocycles. The first-order chi connectivity index (χ1) is 8.61. The standard InChI is InChI=1S/C11H13ClF2N4/c1-8-6-9-11(15-3-5-18(9)16-8)17(4-2-12)7-10(13)14/h3,5-6,10H,2,4,7H2,1H3. The van der Waals surface area contributed by atoms with Crippen LogP contribution in [-0.4, -0.2) is 40.0 Å². The van der Waals surface area contributed by atoms with Crippen LogP contribution < -0.4 is 4.90 Å². The van der Waals surface area contributed by atoms with Crippen molar-refractivity contribution in [3.63, 3.8) is 0 Å². The Balaban J connectivity index is 2.42. The summed E-state index contributed by atoms with van der Waals surface area (Å²) >= 11 is 5.65. The van der Waals surface area contributed by atoms with E-state index in [4.69, 9.17) is 11.6 Å².